The molecule has 0 spiro atoms. The van der Waals surface area contributed by atoms with Crippen molar-refractivity contribution < 1.29 is 9.59 Å². The van der Waals surface area contributed by atoms with Crippen LogP contribution < -0.4 is 10.6 Å². The summed E-state index contributed by atoms with van der Waals surface area (Å²) >= 11 is 3.18. The normalized spacial score (nSPS) is 11.1. The van der Waals surface area contributed by atoms with Crippen LogP contribution in [0, 0.1) is 0 Å². The third-order valence-electron chi connectivity index (χ3n) is 3.84. The Labute approximate surface area is 172 Å². The summed E-state index contributed by atoms with van der Waals surface area (Å²) in [7, 11) is 0. The quantitative estimate of drug-likeness (QED) is 0.540. The molecule has 1 aromatic carbocycles. The molecule has 0 radical (unpaired) electrons. The molecular weight excluding hydrogens is 388 g/mol. The second-order valence-electron chi connectivity index (χ2n) is 5.95. The Morgan fingerprint density at radius 1 is 0.714 bits per heavy atom. The van der Waals surface area contributed by atoms with Gasteiger partial charge in [0.2, 0.25) is 11.8 Å². The number of carbonyl (C=O) groups is 2. The van der Waals surface area contributed by atoms with Gasteiger partial charge in [-0.25, -0.2) is 0 Å². The molecule has 3 aromatic rings. The van der Waals surface area contributed by atoms with Crippen molar-refractivity contribution in [2.45, 2.75) is 13.1 Å². The topological polar surface area (TPSA) is 58.2 Å². The summed E-state index contributed by atoms with van der Waals surface area (Å²) in [6.07, 6.45) is 6.69. The Kier molecular flexibility index (Phi) is 7.35. The summed E-state index contributed by atoms with van der Waals surface area (Å²) in [6, 6.07) is 15.6. The van der Waals surface area contributed by atoms with Crippen molar-refractivity contribution in [3.63, 3.8) is 0 Å². The van der Waals surface area contributed by atoms with Gasteiger partial charge in [-0.1, -0.05) is 36.4 Å². The number of hydrogen-bond donors (Lipinski definition) is 2. The number of amides is 2. The molecule has 4 nitrogen and oxygen atoms in total. The van der Waals surface area contributed by atoms with Crippen LogP contribution in [0.15, 0.2) is 71.4 Å². The first kappa shape index (κ1) is 19.8. The summed E-state index contributed by atoms with van der Waals surface area (Å²) in [5, 5.41) is 9.67. The van der Waals surface area contributed by atoms with E-state index in [0.29, 0.717) is 13.1 Å². The van der Waals surface area contributed by atoms with Gasteiger partial charge in [-0.05, 0) is 46.2 Å². The van der Waals surface area contributed by atoms with E-state index in [1.807, 2.05) is 59.3 Å². The Morgan fingerprint density at radius 2 is 1.14 bits per heavy atom. The number of rotatable bonds is 8. The van der Waals surface area contributed by atoms with Crippen LogP contribution in [-0.2, 0) is 22.7 Å². The van der Waals surface area contributed by atoms with Gasteiger partial charge < -0.3 is 10.6 Å². The minimum absolute atomic E-state index is 0.123. The molecule has 2 aromatic heterocycles. The maximum absolute atomic E-state index is 11.9. The van der Waals surface area contributed by atoms with Crippen molar-refractivity contribution in [2.75, 3.05) is 0 Å². The first-order chi connectivity index (χ1) is 13.7. The highest BCUT2D eigenvalue weighted by molar-refractivity contribution is 7.11. The van der Waals surface area contributed by atoms with E-state index in [1.165, 1.54) is 0 Å². The minimum Gasteiger partial charge on any atom is -0.348 e. The standard InChI is InChI=1S/C22H20N2O2S2/c25-21(11-9-19-3-1-13-27-19)23-15-17-5-7-18(8-6-17)16-24-22(26)12-10-20-4-2-14-28-20/h1-14H,15-16H2,(H,23,25)(H,24,26). The molecule has 0 aliphatic heterocycles. The largest absolute Gasteiger partial charge is 0.348 e. The number of carbonyl (C=O) groups excluding carboxylic acids is 2. The highest BCUT2D eigenvalue weighted by Gasteiger charge is 2.00. The second kappa shape index (κ2) is 10.4. The van der Waals surface area contributed by atoms with Gasteiger partial charge in [0.25, 0.3) is 0 Å². The summed E-state index contributed by atoms with van der Waals surface area (Å²) in [4.78, 5) is 25.8. The van der Waals surface area contributed by atoms with Crippen molar-refractivity contribution in [1.29, 1.82) is 0 Å². The van der Waals surface area contributed by atoms with E-state index in [2.05, 4.69) is 10.6 Å². The molecule has 2 heterocycles. The van der Waals surface area contributed by atoms with E-state index in [4.69, 9.17) is 0 Å². The summed E-state index contributed by atoms with van der Waals surface area (Å²) in [5.41, 5.74) is 2.01. The average molecular weight is 409 g/mol. The lowest BCUT2D eigenvalue weighted by Gasteiger charge is -2.06. The van der Waals surface area contributed by atoms with Crippen LogP contribution in [0.25, 0.3) is 12.2 Å². The lowest BCUT2D eigenvalue weighted by Crippen LogP contribution is -2.21. The predicted octanol–water partition coefficient (Wildman–Crippen LogP) is 4.47. The van der Waals surface area contributed by atoms with Gasteiger partial charge in [-0.15, -0.1) is 22.7 Å². The number of hydrogen-bond acceptors (Lipinski definition) is 4. The van der Waals surface area contributed by atoms with E-state index in [0.717, 1.165) is 20.9 Å². The monoisotopic (exact) mass is 408 g/mol. The van der Waals surface area contributed by atoms with Crippen molar-refractivity contribution in [3.05, 3.63) is 92.3 Å². The maximum atomic E-state index is 11.9. The zero-order valence-electron chi connectivity index (χ0n) is 15.1. The molecule has 0 saturated heterocycles. The molecule has 0 atom stereocenters. The van der Waals surface area contributed by atoms with Gasteiger partial charge in [-0.3, -0.25) is 9.59 Å². The van der Waals surface area contributed by atoms with Gasteiger partial charge in [0.05, 0.1) is 0 Å². The first-order valence-corrected chi connectivity index (χ1v) is 10.5. The molecule has 6 heteroatoms. The van der Waals surface area contributed by atoms with E-state index >= 15 is 0 Å². The van der Waals surface area contributed by atoms with E-state index in [1.54, 1.807) is 47.0 Å². The van der Waals surface area contributed by atoms with Gasteiger partial charge in [0, 0.05) is 35.0 Å². The molecule has 28 heavy (non-hydrogen) atoms. The summed E-state index contributed by atoms with van der Waals surface area (Å²) in [5.74, 6) is -0.246. The van der Waals surface area contributed by atoms with Crippen molar-refractivity contribution in [3.8, 4) is 0 Å². The van der Waals surface area contributed by atoms with Gasteiger partial charge >= 0.3 is 0 Å². The van der Waals surface area contributed by atoms with E-state index in [-0.39, 0.29) is 11.8 Å². The Balaban J connectivity index is 1.40. The lowest BCUT2D eigenvalue weighted by molar-refractivity contribution is -0.117. The summed E-state index contributed by atoms with van der Waals surface area (Å²) in [6.45, 7) is 0.924. The molecular formula is C22H20N2O2S2. The van der Waals surface area contributed by atoms with Gasteiger partial charge in [-0.2, -0.15) is 0 Å². The van der Waals surface area contributed by atoms with E-state index < -0.39 is 0 Å². The second-order valence-corrected chi connectivity index (χ2v) is 7.91. The minimum atomic E-state index is -0.123. The van der Waals surface area contributed by atoms with Crippen LogP contribution in [-0.4, -0.2) is 11.8 Å². The molecule has 0 unspecified atom stereocenters. The fourth-order valence-corrected chi connectivity index (χ4v) is 3.60. The predicted molar refractivity (Wildman–Crippen MR) is 117 cm³/mol. The highest BCUT2D eigenvalue weighted by atomic mass is 32.1. The van der Waals surface area contributed by atoms with Crippen molar-refractivity contribution in [1.82, 2.24) is 10.6 Å². The molecule has 0 aliphatic carbocycles. The molecule has 0 aliphatic rings. The molecule has 142 valence electrons. The van der Waals surface area contributed by atoms with Crippen molar-refractivity contribution >= 4 is 46.6 Å². The van der Waals surface area contributed by atoms with Gasteiger partial charge in [0.15, 0.2) is 0 Å². The molecule has 0 saturated carbocycles. The Bertz CT molecular complexity index is 862. The first-order valence-electron chi connectivity index (χ1n) is 8.76. The zero-order valence-corrected chi connectivity index (χ0v) is 16.8. The summed E-state index contributed by atoms with van der Waals surface area (Å²) < 4.78 is 0. The van der Waals surface area contributed by atoms with Crippen LogP contribution in [0.2, 0.25) is 0 Å². The fraction of sp³-hybridized carbons (Fsp3) is 0.0909. The fourth-order valence-electron chi connectivity index (χ4n) is 2.36. The maximum Gasteiger partial charge on any atom is 0.244 e. The third-order valence-corrected chi connectivity index (χ3v) is 5.52. The Hall–Kier alpha value is -2.96. The Morgan fingerprint density at radius 3 is 1.50 bits per heavy atom. The molecule has 3 rings (SSSR count). The molecule has 0 bridgehead atoms. The smallest absolute Gasteiger partial charge is 0.244 e. The SMILES string of the molecule is O=C(C=Cc1cccs1)NCc1ccc(CNC(=O)C=Cc2cccs2)cc1. The lowest BCUT2D eigenvalue weighted by atomic mass is 10.1. The highest BCUT2D eigenvalue weighted by Crippen LogP contribution is 2.11. The number of thiophene rings is 2. The van der Waals surface area contributed by atoms with Crippen LogP contribution in [0.3, 0.4) is 0 Å². The van der Waals surface area contributed by atoms with Crippen LogP contribution in [0.1, 0.15) is 20.9 Å². The van der Waals surface area contributed by atoms with E-state index in [9.17, 15) is 9.59 Å². The van der Waals surface area contributed by atoms with Crippen LogP contribution in [0.5, 0.6) is 0 Å². The number of benzene rings is 1. The van der Waals surface area contributed by atoms with Crippen LogP contribution in [0.4, 0.5) is 0 Å². The molecule has 2 N–H and O–H groups in total. The average Bonchev–Trinajstić information content (AvgIpc) is 3.42. The third kappa shape index (κ3) is 6.64. The van der Waals surface area contributed by atoms with Gasteiger partial charge in [0.1, 0.15) is 0 Å². The van der Waals surface area contributed by atoms with Crippen molar-refractivity contribution in [2.24, 2.45) is 0 Å². The van der Waals surface area contributed by atoms with Crippen LogP contribution >= 0.6 is 22.7 Å². The molecule has 2 amide bonds. The zero-order chi connectivity index (χ0) is 19.6. The number of nitrogens with one attached hydrogen (secondary N) is 2. The molecule has 0 fully saturated rings.